The molecule has 2 aliphatic rings. The number of fused-ring (bicyclic) bond motifs is 1. The molecule has 4 rings (SSSR count). The predicted octanol–water partition coefficient (Wildman–Crippen LogP) is 6.66. The Bertz CT molecular complexity index is 1100. The van der Waals surface area contributed by atoms with Crippen LogP contribution in [0.4, 0.5) is 13.2 Å². The van der Waals surface area contributed by atoms with Gasteiger partial charge in [-0.3, -0.25) is 4.52 Å². The molecule has 1 atom stereocenters. The van der Waals surface area contributed by atoms with Gasteiger partial charge in [-0.25, -0.2) is 4.57 Å². The van der Waals surface area contributed by atoms with Crippen molar-refractivity contribution in [3.63, 3.8) is 0 Å². The van der Waals surface area contributed by atoms with Crippen molar-refractivity contribution in [3.8, 4) is 5.75 Å². The van der Waals surface area contributed by atoms with Crippen LogP contribution in [0.2, 0.25) is 0 Å². The quantitative estimate of drug-likeness (QED) is 0.347. The maximum Gasteiger partial charge on any atom is 0.469 e. The lowest BCUT2D eigenvalue weighted by atomic mass is 9.73. The Labute approximate surface area is 209 Å². The van der Waals surface area contributed by atoms with Gasteiger partial charge >= 0.3 is 14.0 Å². The van der Waals surface area contributed by atoms with Crippen LogP contribution in [0, 0.1) is 11.8 Å². The van der Waals surface area contributed by atoms with E-state index in [1.807, 2.05) is 0 Å². The number of rotatable bonds is 7. The highest BCUT2D eigenvalue weighted by atomic mass is 31.2. The summed E-state index contributed by atoms with van der Waals surface area (Å²) < 4.78 is 64.2. The lowest BCUT2D eigenvalue weighted by Crippen LogP contribution is -2.37. The molecule has 1 unspecified atom stereocenters. The van der Waals surface area contributed by atoms with Gasteiger partial charge in [-0.15, -0.1) is 0 Å². The summed E-state index contributed by atoms with van der Waals surface area (Å²) in [5, 5.41) is 0.299. The van der Waals surface area contributed by atoms with E-state index >= 15 is 0 Å². The van der Waals surface area contributed by atoms with Crippen LogP contribution < -0.4 is 10.5 Å². The number of benzene rings is 2. The molecule has 10 heteroatoms. The molecule has 200 valence electrons. The highest BCUT2D eigenvalue weighted by Crippen LogP contribution is 2.45. The number of phosphoric ester groups is 1. The van der Waals surface area contributed by atoms with E-state index in [9.17, 15) is 17.7 Å². The van der Waals surface area contributed by atoms with Gasteiger partial charge in [0.2, 0.25) is 0 Å². The molecule has 0 radical (unpaired) electrons. The third kappa shape index (κ3) is 6.62. The molecular weight excluding hydrogens is 494 g/mol. The lowest BCUT2D eigenvalue weighted by Gasteiger charge is -2.36. The standard InChI is InChI=1S/C26H35F3NO5P/c1-25(30,16-34-36(31,32)33)20-10-13-22-19(15-20)9-14-23(24(22)26(27,28)29)35-21-11-7-18(8-12-21)17-5-3-2-4-6-17/h9-10,13-15,17-18,21H,2-8,11-12,16,30H2,1H3,(H2,31,32,33). The summed E-state index contributed by atoms with van der Waals surface area (Å²) in [4.78, 5) is 17.9. The van der Waals surface area contributed by atoms with Crippen molar-refractivity contribution in [1.29, 1.82) is 0 Å². The molecule has 0 spiro atoms. The van der Waals surface area contributed by atoms with Crippen molar-refractivity contribution in [2.75, 3.05) is 6.61 Å². The molecular formula is C26H35F3NO5P. The molecule has 2 aromatic rings. The first-order chi connectivity index (χ1) is 16.8. The number of alkyl halides is 3. The number of hydrogen-bond acceptors (Lipinski definition) is 4. The van der Waals surface area contributed by atoms with Crippen molar-refractivity contribution in [2.45, 2.75) is 82.5 Å². The SMILES string of the molecule is CC(N)(COP(=O)(O)O)c1ccc2c(C(F)(F)F)c(OC3CCC(C4CCCCC4)CC3)ccc2c1. The number of hydrogen-bond donors (Lipinski definition) is 3. The first kappa shape index (κ1) is 27.4. The van der Waals surface area contributed by atoms with Crippen LogP contribution in [-0.4, -0.2) is 22.5 Å². The molecule has 0 aliphatic heterocycles. The second kappa shape index (κ2) is 10.6. The Morgan fingerprint density at radius 1 is 0.972 bits per heavy atom. The second-order valence-electron chi connectivity index (χ2n) is 10.6. The lowest BCUT2D eigenvalue weighted by molar-refractivity contribution is -0.138. The van der Waals surface area contributed by atoms with Crippen molar-refractivity contribution in [1.82, 2.24) is 0 Å². The van der Waals surface area contributed by atoms with Crippen molar-refractivity contribution in [3.05, 3.63) is 41.5 Å². The van der Waals surface area contributed by atoms with Crippen LogP contribution in [0.5, 0.6) is 5.75 Å². The van der Waals surface area contributed by atoms with Gasteiger partial charge in [-0.2, -0.15) is 13.2 Å². The molecule has 6 nitrogen and oxygen atoms in total. The molecule has 2 aliphatic carbocycles. The zero-order valence-electron chi connectivity index (χ0n) is 20.5. The fourth-order valence-corrected chi connectivity index (χ4v) is 6.26. The third-order valence-electron chi connectivity index (χ3n) is 7.79. The van der Waals surface area contributed by atoms with Crippen LogP contribution in [-0.2, 0) is 20.8 Å². The van der Waals surface area contributed by atoms with Crippen molar-refractivity contribution >= 4 is 18.6 Å². The summed E-state index contributed by atoms with van der Waals surface area (Å²) in [6.07, 6.45) is 5.10. The summed E-state index contributed by atoms with van der Waals surface area (Å²) in [5.41, 5.74) is 4.42. The fraction of sp³-hybridized carbons (Fsp3) is 0.615. The van der Waals surface area contributed by atoms with Crippen LogP contribution in [0.15, 0.2) is 30.3 Å². The smallest absolute Gasteiger partial charge is 0.469 e. The molecule has 36 heavy (non-hydrogen) atoms. The molecule has 2 aromatic carbocycles. The Kier molecular flexibility index (Phi) is 8.08. The minimum absolute atomic E-state index is 0.00801. The van der Waals surface area contributed by atoms with Gasteiger partial charge < -0.3 is 20.3 Å². The highest BCUT2D eigenvalue weighted by molar-refractivity contribution is 7.46. The zero-order chi connectivity index (χ0) is 26.1. The Morgan fingerprint density at radius 3 is 2.22 bits per heavy atom. The summed E-state index contributed by atoms with van der Waals surface area (Å²) >= 11 is 0. The van der Waals surface area contributed by atoms with Crippen LogP contribution >= 0.6 is 7.82 Å². The summed E-state index contributed by atoms with van der Waals surface area (Å²) in [6.45, 7) is 0.995. The average molecular weight is 530 g/mol. The first-order valence-electron chi connectivity index (χ1n) is 12.6. The zero-order valence-corrected chi connectivity index (χ0v) is 21.4. The van der Waals surface area contributed by atoms with Crippen molar-refractivity contribution < 1.29 is 36.8 Å². The van der Waals surface area contributed by atoms with E-state index in [0.717, 1.165) is 31.6 Å². The molecule has 0 bridgehead atoms. The monoisotopic (exact) mass is 529 g/mol. The molecule has 2 saturated carbocycles. The van der Waals surface area contributed by atoms with Gasteiger partial charge in [0, 0.05) is 0 Å². The number of ether oxygens (including phenoxy) is 1. The van der Waals surface area contributed by atoms with Gasteiger partial charge in [0.15, 0.2) is 0 Å². The van der Waals surface area contributed by atoms with E-state index in [-0.39, 0.29) is 17.2 Å². The summed E-state index contributed by atoms with van der Waals surface area (Å²) in [6, 6.07) is 7.19. The molecule has 0 aromatic heterocycles. The van der Waals surface area contributed by atoms with Gasteiger partial charge in [-0.1, -0.05) is 50.3 Å². The molecule has 0 amide bonds. The van der Waals surface area contributed by atoms with E-state index in [1.165, 1.54) is 63.3 Å². The first-order valence-corrected chi connectivity index (χ1v) is 14.2. The van der Waals surface area contributed by atoms with Gasteiger partial charge in [0.1, 0.15) is 11.3 Å². The molecule has 0 heterocycles. The maximum atomic E-state index is 14.2. The summed E-state index contributed by atoms with van der Waals surface area (Å²) in [7, 11) is -4.74. The van der Waals surface area contributed by atoms with E-state index in [2.05, 4.69) is 4.52 Å². The number of phosphoric acid groups is 1. The molecule has 0 saturated heterocycles. The van der Waals surface area contributed by atoms with Gasteiger partial charge in [0.25, 0.3) is 0 Å². The fourth-order valence-electron chi connectivity index (χ4n) is 5.82. The van der Waals surface area contributed by atoms with Crippen molar-refractivity contribution in [2.24, 2.45) is 17.6 Å². The van der Waals surface area contributed by atoms with E-state index in [0.29, 0.717) is 16.9 Å². The maximum absolute atomic E-state index is 14.2. The van der Waals surface area contributed by atoms with Crippen LogP contribution in [0.3, 0.4) is 0 Å². The highest BCUT2D eigenvalue weighted by Gasteiger charge is 2.38. The molecule has 2 fully saturated rings. The second-order valence-corrected chi connectivity index (χ2v) is 11.8. The van der Waals surface area contributed by atoms with Crippen LogP contribution in [0.25, 0.3) is 10.8 Å². The molecule has 4 N–H and O–H groups in total. The Hall–Kier alpha value is -1.64. The van der Waals surface area contributed by atoms with Gasteiger partial charge in [-0.05, 0) is 72.9 Å². The minimum atomic E-state index is -4.74. The Morgan fingerprint density at radius 2 is 1.61 bits per heavy atom. The van der Waals surface area contributed by atoms with E-state index in [1.54, 1.807) is 6.07 Å². The Balaban J connectivity index is 1.54. The largest absolute Gasteiger partial charge is 0.490 e. The number of nitrogens with two attached hydrogens (primary N) is 1. The predicted molar refractivity (Wildman–Crippen MR) is 131 cm³/mol. The topological polar surface area (TPSA) is 102 Å². The third-order valence-corrected chi connectivity index (χ3v) is 8.25. The number of halogens is 3. The van der Waals surface area contributed by atoms with Crippen LogP contribution in [0.1, 0.15) is 75.8 Å². The normalized spacial score (nSPS) is 24.0. The summed E-state index contributed by atoms with van der Waals surface area (Å²) in [5.74, 6) is 1.24. The minimum Gasteiger partial charge on any atom is -0.490 e. The average Bonchev–Trinajstić information content (AvgIpc) is 2.82. The van der Waals surface area contributed by atoms with E-state index < -0.39 is 31.7 Å². The van der Waals surface area contributed by atoms with E-state index in [4.69, 9.17) is 20.3 Å². The van der Waals surface area contributed by atoms with Gasteiger partial charge in [0.05, 0.1) is 18.2 Å².